The summed E-state index contributed by atoms with van der Waals surface area (Å²) >= 11 is 0. The first-order valence-electron chi connectivity index (χ1n) is 7.16. The van der Waals surface area contributed by atoms with E-state index < -0.39 is 0 Å². The van der Waals surface area contributed by atoms with Gasteiger partial charge in [-0.2, -0.15) is 0 Å². The van der Waals surface area contributed by atoms with E-state index in [1.807, 2.05) is 12.1 Å². The van der Waals surface area contributed by atoms with Crippen LogP contribution in [0.1, 0.15) is 23.3 Å². The Morgan fingerprint density at radius 3 is 3.05 bits per heavy atom. The van der Waals surface area contributed by atoms with Crippen molar-refractivity contribution in [2.24, 2.45) is 5.92 Å². The molecular weight excluding hydrogens is 252 g/mol. The van der Waals surface area contributed by atoms with Crippen LogP contribution >= 0.6 is 0 Å². The number of piperidine rings is 1. The van der Waals surface area contributed by atoms with Crippen molar-refractivity contribution in [3.63, 3.8) is 0 Å². The number of rotatable bonds is 4. The van der Waals surface area contributed by atoms with Gasteiger partial charge in [-0.05, 0) is 44.5 Å². The molecule has 0 spiro atoms. The molecule has 5 heteroatoms. The fraction of sp³-hybridized carbons (Fsp3) is 0.600. The average Bonchev–Trinajstić information content (AvgIpc) is 2.44. The van der Waals surface area contributed by atoms with Crippen LogP contribution in [0.4, 0.5) is 5.69 Å². The molecule has 0 aromatic carbocycles. The summed E-state index contributed by atoms with van der Waals surface area (Å²) in [7, 11) is 5.65. The molecule has 1 N–H and O–H groups in total. The molecule has 1 aliphatic heterocycles. The minimum Gasteiger partial charge on any atom is -0.385 e. The lowest BCUT2D eigenvalue weighted by atomic mass is 9.98. The number of nitrogens with one attached hydrogen (secondary N) is 1. The summed E-state index contributed by atoms with van der Waals surface area (Å²) in [4.78, 5) is 19.9. The maximum atomic E-state index is 11.9. The molecule has 0 radical (unpaired) electrons. The van der Waals surface area contributed by atoms with Crippen molar-refractivity contribution in [3.8, 4) is 0 Å². The lowest BCUT2D eigenvalue weighted by Gasteiger charge is -2.30. The van der Waals surface area contributed by atoms with Gasteiger partial charge in [-0.15, -0.1) is 0 Å². The van der Waals surface area contributed by atoms with Crippen LogP contribution in [0.15, 0.2) is 18.3 Å². The topological polar surface area (TPSA) is 48.5 Å². The van der Waals surface area contributed by atoms with Gasteiger partial charge < -0.3 is 15.1 Å². The highest BCUT2D eigenvalue weighted by atomic mass is 16.2. The van der Waals surface area contributed by atoms with Crippen LogP contribution in [0.2, 0.25) is 0 Å². The largest absolute Gasteiger partial charge is 0.385 e. The number of hydrogen-bond donors (Lipinski definition) is 1. The molecule has 1 unspecified atom stereocenters. The van der Waals surface area contributed by atoms with Gasteiger partial charge in [0.2, 0.25) is 0 Å². The van der Waals surface area contributed by atoms with Gasteiger partial charge in [0.15, 0.2) is 0 Å². The van der Waals surface area contributed by atoms with Crippen LogP contribution in [0.3, 0.4) is 0 Å². The summed E-state index contributed by atoms with van der Waals surface area (Å²) in [6, 6.07) is 3.74. The third-order valence-electron chi connectivity index (χ3n) is 3.70. The number of pyridine rings is 1. The summed E-state index contributed by atoms with van der Waals surface area (Å²) in [6.07, 6.45) is 4.22. The summed E-state index contributed by atoms with van der Waals surface area (Å²) < 4.78 is 0. The van der Waals surface area contributed by atoms with Crippen molar-refractivity contribution in [1.82, 2.24) is 14.8 Å². The zero-order chi connectivity index (χ0) is 14.5. The lowest BCUT2D eigenvalue weighted by Crippen LogP contribution is -2.35. The van der Waals surface area contributed by atoms with Crippen LogP contribution in [-0.4, -0.2) is 61.5 Å². The van der Waals surface area contributed by atoms with Crippen molar-refractivity contribution in [1.29, 1.82) is 0 Å². The minimum atomic E-state index is -0.0638. The Balaban J connectivity index is 1.93. The summed E-state index contributed by atoms with van der Waals surface area (Å²) in [6.45, 7) is 3.29. The predicted octanol–water partition coefficient (Wildman–Crippen LogP) is 1.54. The number of carbonyl (C=O) groups excluding carboxylic acids is 1. The molecule has 2 rings (SSSR count). The van der Waals surface area contributed by atoms with Crippen LogP contribution < -0.4 is 5.32 Å². The van der Waals surface area contributed by atoms with Crippen LogP contribution in [0.5, 0.6) is 0 Å². The van der Waals surface area contributed by atoms with Gasteiger partial charge in [-0.25, -0.2) is 0 Å². The van der Waals surface area contributed by atoms with Crippen LogP contribution in [-0.2, 0) is 0 Å². The maximum absolute atomic E-state index is 11.9. The number of anilines is 1. The third kappa shape index (κ3) is 3.93. The Hall–Kier alpha value is -1.62. The molecule has 1 fully saturated rings. The smallest absolute Gasteiger partial charge is 0.272 e. The first-order chi connectivity index (χ1) is 9.56. The molecule has 0 bridgehead atoms. The molecular formula is C15H24N4O. The van der Waals surface area contributed by atoms with Crippen molar-refractivity contribution >= 4 is 11.6 Å². The molecule has 1 aromatic heterocycles. The summed E-state index contributed by atoms with van der Waals surface area (Å²) in [5.74, 6) is 0.612. The number of hydrogen-bond acceptors (Lipinski definition) is 4. The van der Waals surface area contributed by atoms with E-state index in [9.17, 15) is 4.79 Å². The molecule has 1 amide bonds. The van der Waals surface area contributed by atoms with Gasteiger partial charge in [-0.3, -0.25) is 9.78 Å². The Bertz CT molecular complexity index is 461. The number of carbonyl (C=O) groups is 1. The molecule has 2 heterocycles. The van der Waals surface area contributed by atoms with E-state index in [0.29, 0.717) is 11.6 Å². The van der Waals surface area contributed by atoms with E-state index in [1.54, 1.807) is 25.2 Å². The maximum Gasteiger partial charge on any atom is 0.272 e. The molecule has 1 aliphatic rings. The quantitative estimate of drug-likeness (QED) is 0.906. The third-order valence-corrected chi connectivity index (χ3v) is 3.70. The SMILES string of the molecule is CN1CCCC(CNc2ccnc(C(=O)N(C)C)c2)C1. The highest BCUT2D eigenvalue weighted by Crippen LogP contribution is 2.16. The molecule has 1 saturated heterocycles. The first kappa shape index (κ1) is 14.8. The van der Waals surface area contributed by atoms with Crippen molar-refractivity contribution in [3.05, 3.63) is 24.0 Å². The monoisotopic (exact) mass is 276 g/mol. The van der Waals surface area contributed by atoms with E-state index in [0.717, 1.165) is 18.8 Å². The Labute approximate surface area is 121 Å². The fourth-order valence-corrected chi connectivity index (χ4v) is 2.59. The second kappa shape index (κ2) is 6.70. The van der Waals surface area contributed by atoms with Gasteiger partial charge in [0.1, 0.15) is 5.69 Å². The first-order valence-corrected chi connectivity index (χ1v) is 7.16. The van der Waals surface area contributed by atoms with E-state index in [2.05, 4.69) is 22.2 Å². The van der Waals surface area contributed by atoms with E-state index in [4.69, 9.17) is 0 Å². The van der Waals surface area contributed by atoms with Gasteiger partial charge in [0, 0.05) is 39.1 Å². The molecule has 0 saturated carbocycles. The van der Waals surface area contributed by atoms with E-state index in [1.165, 1.54) is 19.4 Å². The zero-order valence-corrected chi connectivity index (χ0v) is 12.6. The molecule has 20 heavy (non-hydrogen) atoms. The second-order valence-electron chi connectivity index (χ2n) is 5.78. The van der Waals surface area contributed by atoms with Gasteiger partial charge in [-0.1, -0.05) is 0 Å². The Morgan fingerprint density at radius 1 is 1.55 bits per heavy atom. The minimum absolute atomic E-state index is 0.0638. The fourth-order valence-electron chi connectivity index (χ4n) is 2.59. The Kier molecular flexibility index (Phi) is 4.95. The van der Waals surface area contributed by atoms with E-state index >= 15 is 0 Å². The van der Waals surface area contributed by atoms with Gasteiger partial charge in [0.05, 0.1) is 0 Å². The van der Waals surface area contributed by atoms with Crippen molar-refractivity contribution in [2.45, 2.75) is 12.8 Å². The lowest BCUT2D eigenvalue weighted by molar-refractivity contribution is 0.0822. The molecule has 5 nitrogen and oxygen atoms in total. The molecule has 0 aliphatic carbocycles. The standard InChI is InChI=1S/C15H24N4O/c1-18(2)15(20)14-9-13(6-7-16-14)17-10-12-5-4-8-19(3)11-12/h6-7,9,12H,4-5,8,10-11H2,1-3H3,(H,16,17). The number of amides is 1. The van der Waals surface area contributed by atoms with E-state index in [-0.39, 0.29) is 5.91 Å². The highest BCUT2D eigenvalue weighted by Gasteiger charge is 2.17. The number of nitrogens with zero attached hydrogens (tertiary/aromatic N) is 3. The predicted molar refractivity (Wildman–Crippen MR) is 81.0 cm³/mol. The summed E-state index contributed by atoms with van der Waals surface area (Å²) in [5, 5.41) is 3.43. The number of aromatic nitrogens is 1. The normalized spacial score (nSPS) is 19.6. The molecule has 1 atom stereocenters. The molecule has 110 valence electrons. The van der Waals surface area contributed by atoms with Crippen molar-refractivity contribution in [2.75, 3.05) is 46.1 Å². The van der Waals surface area contributed by atoms with Gasteiger partial charge >= 0.3 is 0 Å². The highest BCUT2D eigenvalue weighted by molar-refractivity contribution is 5.92. The number of likely N-dealkylation sites (tertiary alicyclic amines) is 1. The van der Waals surface area contributed by atoms with Crippen LogP contribution in [0, 0.1) is 5.92 Å². The molecule has 1 aromatic rings. The zero-order valence-electron chi connectivity index (χ0n) is 12.6. The summed E-state index contributed by atoms with van der Waals surface area (Å²) in [5.41, 5.74) is 1.46. The average molecular weight is 276 g/mol. The Morgan fingerprint density at radius 2 is 2.35 bits per heavy atom. The second-order valence-corrected chi connectivity index (χ2v) is 5.78. The van der Waals surface area contributed by atoms with Gasteiger partial charge in [0.25, 0.3) is 5.91 Å². The van der Waals surface area contributed by atoms with Crippen LogP contribution in [0.25, 0.3) is 0 Å². The van der Waals surface area contributed by atoms with Crippen molar-refractivity contribution < 1.29 is 4.79 Å².